The number of aryl methyl sites for hydroxylation is 1. The van der Waals surface area contributed by atoms with Crippen LogP contribution in [-0.2, 0) is 11.3 Å². The first kappa shape index (κ1) is 14.3. The number of hydrogen-bond donors (Lipinski definition) is 0. The van der Waals surface area contributed by atoms with E-state index in [1.165, 1.54) is 5.56 Å². The number of carbonyl (C=O) groups excluding carboxylic acids is 1. The van der Waals surface area contributed by atoms with Gasteiger partial charge in [-0.3, -0.25) is 4.79 Å². The van der Waals surface area contributed by atoms with Crippen LogP contribution in [0.1, 0.15) is 29.4 Å². The van der Waals surface area contributed by atoms with Gasteiger partial charge >= 0.3 is 0 Å². The largest absolute Gasteiger partial charge is 0.361 e. The number of halogens is 1. The van der Waals surface area contributed by atoms with E-state index >= 15 is 0 Å². The van der Waals surface area contributed by atoms with E-state index in [4.69, 9.17) is 4.52 Å². The van der Waals surface area contributed by atoms with Crippen LogP contribution >= 0.6 is 15.9 Å². The molecule has 0 N–H and O–H groups in total. The third kappa shape index (κ3) is 3.18. The van der Waals surface area contributed by atoms with Crippen LogP contribution in [0.25, 0.3) is 0 Å². The SMILES string of the molecule is Cc1cc(CN(C)C(=O)[C@@H]2C[C@H]2c2ccc(Br)cc2)no1. The average Bonchev–Trinajstić information content (AvgIpc) is 3.15. The fourth-order valence-corrected chi connectivity index (χ4v) is 2.91. The third-order valence-electron chi connectivity index (χ3n) is 3.86. The van der Waals surface area contributed by atoms with Crippen molar-refractivity contribution in [1.82, 2.24) is 10.1 Å². The predicted octanol–water partition coefficient (Wildman–Crippen LogP) is 3.51. The lowest BCUT2D eigenvalue weighted by Gasteiger charge is -2.15. The maximum Gasteiger partial charge on any atom is 0.226 e. The van der Waals surface area contributed by atoms with Crippen molar-refractivity contribution in [2.75, 3.05) is 7.05 Å². The molecule has 0 unspecified atom stereocenters. The van der Waals surface area contributed by atoms with Crippen molar-refractivity contribution in [2.24, 2.45) is 5.92 Å². The smallest absolute Gasteiger partial charge is 0.226 e. The molecule has 5 heteroatoms. The highest BCUT2D eigenvalue weighted by Crippen LogP contribution is 2.48. The molecule has 2 aromatic rings. The summed E-state index contributed by atoms with van der Waals surface area (Å²) in [6.07, 6.45) is 0.933. The summed E-state index contributed by atoms with van der Waals surface area (Å²) in [6, 6.07) is 10.1. The van der Waals surface area contributed by atoms with E-state index in [9.17, 15) is 4.79 Å². The molecule has 1 aliphatic rings. The highest BCUT2D eigenvalue weighted by molar-refractivity contribution is 9.10. The number of nitrogens with zero attached hydrogens (tertiary/aromatic N) is 2. The van der Waals surface area contributed by atoms with Gasteiger partial charge in [-0.15, -0.1) is 0 Å². The molecule has 1 aliphatic carbocycles. The van der Waals surface area contributed by atoms with Gasteiger partial charge in [0.15, 0.2) is 0 Å². The van der Waals surface area contributed by atoms with Gasteiger partial charge in [0.05, 0.1) is 6.54 Å². The van der Waals surface area contributed by atoms with Crippen molar-refractivity contribution >= 4 is 21.8 Å². The molecule has 0 radical (unpaired) electrons. The van der Waals surface area contributed by atoms with Crippen LogP contribution in [-0.4, -0.2) is 23.0 Å². The van der Waals surface area contributed by atoms with Crippen molar-refractivity contribution in [3.05, 3.63) is 51.8 Å². The quantitative estimate of drug-likeness (QED) is 0.849. The molecule has 1 amide bonds. The fraction of sp³-hybridized carbons (Fsp3) is 0.375. The van der Waals surface area contributed by atoms with Gasteiger partial charge in [0.2, 0.25) is 5.91 Å². The number of hydrogen-bond acceptors (Lipinski definition) is 3. The van der Waals surface area contributed by atoms with E-state index < -0.39 is 0 Å². The highest BCUT2D eigenvalue weighted by atomic mass is 79.9. The Kier molecular flexibility index (Phi) is 3.85. The Morgan fingerprint density at radius 1 is 1.43 bits per heavy atom. The standard InChI is InChI=1S/C16H17BrN2O2/c1-10-7-13(18-21-10)9-19(2)16(20)15-8-14(15)11-3-5-12(17)6-4-11/h3-7,14-15H,8-9H2,1-2H3/t14-,15+/m0/s1. The van der Waals surface area contributed by atoms with Crippen molar-refractivity contribution in [1.29, 1.82) is 0 Å². The van der Waals surface area contributed by atoms with Crippen LogP contribution in [0.2, 0.25) is 0 Å². The van der Waals surface area contributed by atoms with Crippen molar-refractivity contribution in [3.63, 3.8) is 0 Å². The molecule has 1 saturated carbocycles. The summed E-state index contributed by atoms with van der Waals surface area (Å²) in [4.78, 5) is 14.2. The molecule has 21 heavy (non-hydrogen) atoms. The molecule has 4 nitrogen and oxygen atoms in total. The van der Waals surface area contributed by atoms with Gasteiger partial charge in [0, 0.05) is 23.5 Å². The van der Waals surface area contributed by atoms with Crippen LogP contribution in [0, 0.1) is 12.8 Å². The minimum atomic E-state index is 0.101. The Balaban J connectivity index is 1.60. The van der Waals surface area contributed by atoms with Crippen LogP contribution in [0.3, 0.4) is 0 Å². The van der Waals surface area contributed by atoms with Crippen LogP contribution < -0.4 is 0 Å². The Morgan fingerprint density at radius 3 is 2.76 bits per heavy atom. The van der Waals surface area contributed by atoms with Gasteiger partial charge in [0.25, 0.3) is 0 Å². The fourth-order valence-electron chi connectivity index (χ4n) is 2.64. The second-order valence-electron chi connectivity index (χ2n) is 5.62. The second-order valence-corrected chi connectivity index (χ2v) is 6.54. The van der Waals surface area contributed by atoms with Gasteiger partial charge in [-0.1, -0.05) is 33.2 Å². The molecule has 0 bridgehead atoms. The molecule has 0 saturated heterocycles. The topological polar surface area (TPSA) is 46.3 Å². The molecule has 110 valence electrons. The first-order chi connectivity index (χ1) is 10.0. The minimum absolute atomic E-state index is 0.101. The number of benzene rings is 1. The summed E-state index contributed by atoms with van der Waals surface area (Å²) in [5, 5.41) is 3.93. The van der Waals surface area contributed by atoms with Crippen molar-refractivity contribution < 1.29 is 9.32 Å². The predicted molar refractivity (Wildman–Crippen MR) is 82.7 cm³/mol. The maximum absolute atomic E-state index is 12.4. The average molecular weight is 349 g/mol. The Hall–Kier alpha value is -1.62. The van der Waals surface area contributed by atoms with Gasteiger partial charge in [-0.05, 0) is 37.0 Å². The van der Waals surface area contributed by atoms with Crippen LogP contribution in [0.15, 0.2) is 39.3 Å². The molecule has 1 heterocycles. The minimum Gasteiger partial charge on any atom is -0.361 e. The lowest BCUT2D eigenvalue weighted by Crippen LogP contribution is -2.28. The van der Waals surface area contributed by atoms with Gasteiger partial charge in [-0.2, -0.15) is 0 Å². The zero-order chi connectivity index (χ0) is 15.0. The molecule has 2 atom stereocenters. The van der Waals surface area contributed by atoms with Crippen molar-refractivity contribution in [3.8, 4) is 0 Å². The third-order valence-corrected chi connectivity index (χ3v) is 4.39. The first-order valence-corrected chi connectivity index (χ1v) is 7.76. The molecule has 1 aromatic carbocycles. The molecule has 1 aromatic heterocycles. The van der Waals surface area contributed by atoms with E-state index in [0.29, 0.717) is 12.5 Å². The zero-order valence-corrected chi connectivity index (χ0v) is 13.6. The number of rotatable bonds is 4. The summed E-state index contributed by atoms with van der Waals surface area (Å²) in [5.41, 5.74) is 2.03. The lowest BCUT2D eigenvalue weighted by molar-refractivity contribution is -0.131. The van der Waals surface area contributed by atoms with E-state index in [-0.39, 0.29) is 11.8 Å². The number of amides is 1. The summed E-state index contributed by atoms with van der Waals surface area (Å²) in [5.74, 6) is 1.41. The maximum atomic E-state index is 12.4. The van der Waals surface area contributed by atoms with E-state index in [2.05, 4.69) is 33.2 Å². The van der Waals surface area contributed by atoms with Crippen LogP contribution in [0.4, 0.5) is 0 Å². The Bertz CT molecular complexity index is 651. The Morgan fingerprint density at radius 2 is 2.14 bits per heavy atom. The van der Waals surface area contributed by atoms with E-state index in [0.717, 1.165) is 22.3 Å². The van der Waals surface area contributed by atoms with Gasteiger partial charge < -0.3 is 9.42 Å². The summed E-state index contributed by atoms with van der Waals surface area (Å²) in [6.45, 7) is 2.35. The van der Waals surface area contributed by atoms with Gasteiger partial charge in [-0.25, -0.2) is 0 Å². The summed E-state index contributed by atoms with van der Waals surface area (Å²) in [7, 11) is 1.82. The summed E-state index contributed by atoms with van der Waals surface area (Å²) < 4.78 is 6.09. The summed E-state index contributed by atoms with van der Waals surface area (Å²) >= 11 is 3.43. The zero-order valence-electron chi connectivity index (χ0n) is 12.0. The highest BCUT2D eigenvalue weighted by Gasteiger charge is 2.45. The second kappa shape index (κ2) is 5.64. The lowest BCUT2D eigenvalue weighted by atomic mass is 10.1. The van der Waals surface area contributed by atoms with E-state index in [1.54, 1.807) is 4.90 Å². The van der Waals surface area contributed by atoms with E-state index in [1.807, 2.05) is 32.2 Å². The Labute approximate surface area is 132 Å². The van der Waals surface area contributed by atoms with Crippen LogP contribution in [0.5, 0.6) is 0 Å². The normalized spacial score (nSPS) is 20.3. The van der Waals surface area contributed by atoms with Crippen molar-refractivity contribution in [2.45, 2.75) is 25.8 Å². The first-order valence-electron chi connectivity index (χ1n) is 6.97. The molecule has 0 aliphatic heterocycles. The molecule has 0 spiro atoms. The molecule has 1 fully saturated rings. The molecular weight excluding hydrogens is 332 g/mol. The number of carbonyl (C=O) groups is 1. The van der Waals surface area contributed by atoms with Gasteiger partial charge in [0.1, 0.15) is 11.5 Å². The number of aromatic nitrogens is 1. The monoisotopic (exact) mass is 348 g/mol. The molecular formula is C16H17BrN2O2. The molecule has 3 rings (SSSR count).